The Morgan fingerprint density at radius 1 is 1.17 bits per heavy atom. The Hall–Kier alpha value is -1.46. The van der Waals surface area contributed by atoms with Crippen LogP contribution in [-0.4, -0.2) is 29.6 Å². The number of benzene rings is 2. The minimum atomic E-state index is -0.577. The number of thioether (sulfide) groups is 1. The number of methoxy groups -OCH3 is 1. The monoisotopic (exact) mass is 379 g/mol. The van der Waals surface area contributed by atoms with Crippen molar-refractivity contribution in [3.63, 3.8) is 0 Å². The summed E-state index contributed by atoms with van der Waals surface area (Å²) in [6.07, 6.45) is 1.84. The highest BCUT2D eigenvalue weighted by molar-refractivity contribution is 7.99. The molecule has 24 heavy (non-hydrogen) atoms. The Bertz CT molecular complexity index is 889. The molecule has 1 heterocycles. The molecule has 6 heteroatoms. The maximum Gasteiger partial charge on any atom is 0.218 e. The molecule has 0 bridgehead atoms. The lowest BCUT2D eigenvalue weighted by Gasteiger charge is -2.12. The second-order valence-electron chi connectivity index (χ2n) is 5.22. The second kappa shape index (κ2) is 7.19. The van der Waals surface area contributed by atoms with E-state index in [-0.39, 0.29) is 5.78 Å². The summed E-state index contributed by atoms with van der Waals surface area (Å²) in [4.78, 5) is 16.1. The molecule has 0 aliphatic heterocycles. The van der Waals surface area contributed by atoms with Crippen molar-refractivity contribution in [2.24, 2.45) is 0 Å². The number of nitrogens with one attached hydrogen (secondary N) is 1. The third kappa shape index (κ3) is 3.07. The van der Waals surface area contributed by atoms with Crippen LogP contribution < -0.4 is 0 Å². The molecule has 0 amide bonds. The van der Waals surface area contributed by atoms with Crippen LogP contribution in [0.15, 0.2) is 42.5 Å². The lowest BCUT2D eigenvalue weighted by Crippen LogP contribution is -2.20. The van der Waals surface area contributed by atoms with E-state index in [4.69, 9.17) is 27.9 Å². The maximum absolute atomic E-state index is 12.9. The van der Waals surface area contributed by atoms with Crippen molar-refractivity contribution in [1.82, 2.24) is 4.98 Å². The SMILES string of the molecule is COC(SC)C(=O)c1[nH]c2cc(Cl)c(Cl)cc2c1-c1ccccc1. The van der Waals surface area contributed by atoms with Crippen LogP contribution in [0, 0.1) is 0 Å². The van der Waals surface area contributed by atoms with Crippen LogP contribution in [0.3, 0.4) is 0 Å². The first kappa shape index (κ1) is 17.4. The van der Waals surface area contributed by atoms with Crippen molar-refractivity contribution in [1.29, 1.82) is 0 Å². The van der Waals surface area contributed by atoms with Gasteiger partial charge in [0.15, 0.2) is 5.44 Å². The molecule has 3 rings (SSSR count). The summed E-state index contributed by atoms with van der Waals surface area (Å²) >= 11 is 13.7. The van der Waals surface area contributed by atoms with Crippen molar-refractivity contribution < 1.29 is 9.53 Å². The Morgan fingerprint density at radius 2 is 1.83 bits per heavy atom. The maximum atomic E-state index is 12.9. The van der Waals surface area contributed by atoms with E-state index in [9.17, 15) is 4.79 Å². The first-order valence-corrected chi connectivity index (χ1v) is 9.27. The lowest BCUT2D eigenvalue weighted by atomic mass is 10.0. The van der Waals surface area contributed by atoms with Crippen LogP contribution in [0.2, 0.25) is 10.0 Å². The highest BCUT2D eigenvalue weighted by Gasteiger charge is 2.26. The molecular formula is C18H15Cl2NO2S. The van der Waals surface area contributed by atoms with Crippen LogP contribution in [0.1, 0.15) is 10.5 Å². The first-order chi connectivity index (χ1) is 11.6. The summed E-state index contributed by atoms with van der Waals surface area (Å²) in [5.74, 6) is -0.118. The molecule has 1 aromatic heterocycles. The standard InChI is InChI=1S/C18H15Cl2NO2S/c1-23-18(24-2)17(22)16-15(10-6-4-3-5-7-10)11-8-12(19)13(20)9-14(11)21-16/h3-9,18,21H,1-2H3. The second-order valence-corrected chi connectivity index (χ2v) is 6.93. The Labute approximate surface area is 154 Å². The largest absolute Gasteiger partial charge is 0.362 e. The molecule has 1 N–H and O–H groups in total. The highest BCUT2D eigenvalue weighted by Crippen LogP contribution is 2.37. The van der Waals surface area contributed by atoms with Crippen LogP contribution in [0.5, 0.6) is 0 Å². The molecular weight excluding hydrogens is 365 g/mol. The number of hydrogen-bond donors (Lipinski definition) is 1. The van der Waals surface area contributed by atoms with Gasteiger partial charge in [0, 0.05) is 23.6 Å². The van der Waals surface area contributed by atoms with E-state index in [0.29, 0.717) is 15.7 Å². The predicted octanol–water partition coefficient (Wildman–Crippen LogP) is 5.66. The molecule has 1 atom stereocenters. The van der Waals surface area contributed by atoms with Crippen molar-refractivity contribution >= 4 is 51.6 Å². The Balaban J connectivity index is 2.30. The summed E-state index contributed by atoms with van der Waals surface area (Å²) in [6, 6.07) is 13.2. The Morgan fingerprint density at radius 3 is 2.46 bits per heavy atom. The number of aromatic nitrogens is 1. The zero-order valence-electron chi connectivity index (χ0n) is 13.1. The van der Waals surface area contributed by atoms with Gasteiger partial charge in [-0.1, -0.05) is 53.5 Å². The molecule has 0 radical (unpaired) electrons. The van der Waals surface area contributed by atoms with E-state index in [2.05, 4.69) is 4.98 Å². The predicted molar refractivity (Wildman–Crippen MR) is 102 cm³/mol. The number of aromatic amines is 1. The van der Waals surface area contributed by atoms with Gasteiger partial charge in [-0.3, -0.25) is 4.79 Å². The highest BCUT2D eigenvalue weighted by atomic mass is 35.5. The van der Waals surface area contributed by atoms with E-state index >= 15 is 0 Å². The molecule has 0 aliphatic rings. The van der Waals surface area contributed by atoms with Gasteiger partial charge < -0.3 is 9.72 Å². The number of ether oxygens (including phenoxy) is 1. The minimum absolute atomic E-state index is 0.118. The van der Waals surface area contributed by atoms with E-state index < -0.39 is 5.44 Å². The molecule has 1 unspecified atom stereocenters. The minimum Gasteiger partial charge on any atom is -0.362 e. The molecule has 2 aromatic carbocycles. The number of rotatable bonds is 5. The van der Waals surface area contributed by atoms with Gasteiger partial charge >= 0.3 is 0 Å². The third-order valence-corrected chi connectivity index (χ3v) is 5.35. The van der Waals surface area contributed by atoms with Gasteiger partial charge in [-0.2, -0.15) is 0 Å². The van der Waals surface area contributed by atoms with E-state index in [1.807, 2.05) is 36.6 Å². The molecule has 0 aliphatic carbocycles. The number of fused-ring (bicyclic) bond motifs is 1. The van der Waals surface area contributed by atoms with Crippen molar-refractivity contribution in [3.8, 4) is 11.1 Å². The van der Waals surface area contributed by atoms with E-state index in [1.54, 1.807) is 12.1 Å². The molecule has 3 nitrogen and oxygen atoms in total. The molecule has 124 valence electrons. The number of H-pyrrole nitrogens is 1. The number of halogens is 2. The summed E-state index contributed by atoms with van der Waals surface area (Å²) in [5, 5.41) is 1.75. The smallest absolute Gasteiger partial charge is 0.218 e. The van der Waals surface area contributed by atoms with Gasteiger partial charge in [-0.15, -0.1) is 11.8 Å². The Kier molecular flexibility index (Phi) is 5.21. The topological polar surface area (TPSA) is 42.1 Å². The number of carbonyl (C=O) groups is 1. The van der Waals surface area contributed by atoms with Crippen LogP contribution in [-0.2, 0) is 4.74 Å². The molecule has 3 aromatic rings. The van der Waals surface area contributed by atoms with Crippen LogP contribution in [0.25, 0.3) is 22.0 Å². The average molecular weight is 380 g/mol. The van der Waals surface area contributed by atoms with Crippen LogP contribution >= 0.6 is 35.0 Å². The molecule has 0 fully saturated rings. The number of ketones is 1. The number of hydrogen-bond acceptors (Lipinski definition) is 3. The zero-order valence-corrected chi connectivity index (χ0v) is 15.4. The quantitative estimate of drug-likeness (QED) is 0.459. The first-order valence-electron chi connectivity index (χ1n) is 7.22. The van der Waals surface area contributed by atoms with Gasteiger partial charge in [0.1, 0.15) is 0 Å². The number of Topliss-reactive ketones (excluding diaryl/α,β-unsaturated/α-hetero) is 1. The average Bonchev–Trinajstić information content (AvgIpc) is 2.95. The fourth-order valence-corrected chi connectivity index (χ4v) is 3.56. The normalized spacial score (nSPS) is 12.5. The fourth-order valence-electron chi connectivity index (χ4n) is 2.71. The van der Waals surface area contributed by atoms with Crippen molar-refractivity contribution in [2.75, 3.05) is 13.4 Å². The van der Waals surface area contributed by atoms with Gasteiger partial charge in [0.05, 0.1) is 15.7 Å². The lowest BCUT2D eigenvalue weighted by molar-refractivity contribution is 0.0791. The van der Waals surface area contributed by atoms with Crippen molar-refractivity contribution in [3.05, 3.63) is 58.2 Å². The number of carbonyl (C=O) groups excluding carboxylic acids is 1. The zero-order chi connectivity index (χ0) is 17.3. The van der Waals surface area contributed by atoms with E-state index in [0.717, 1.165) is 22.0 Å². The molecule has 0 saturated carbocycles. The van der Waals surface area contributed by atoms with E-state index in [1.165, 1.54) is 18.9 Å². The van der Waals surface area contributed by atoms with Gasteiger partial charge in [0.2, 0.25) is 5.78 Å². The molecule has 0 saturated heterocycles. The molecule has 0 spiro atoms. The fraction of sp³-hybridized carbons (Fsp3) is 0.167. The van der Waals surface area contributed by atoms with Gasteiger partial charge in [0.25, 0.3) is 0 Å². The summed E-state index contributed by atoms with van der Waals surface area (Å²) in [5.41, 5.74) is 2.43. The summed E-state index contributed by atoms with van der Waals surface area (Å²) in [7, 11) is 1.53. The van der Waals surface area contributed by atoms with Gasteiger partial charge in [-0.25, -0.2) is 0 Å². The summed E-state index contributed by atoms with van der Waals surface area (Å²) < 4.78 is 5.29. The van der Waals surface area contributed by atoms with Crippen LogP contribution in [0.4, 0.5) is 0 Å². The summed E-state index contributed by atoms with van der Waals surface area (Å²) in [6.45, 7) is 0. The van der Waals surface area contributed by atoms with Crippen molar-refractivity contribution in [2.45, 2.75) is 5.44 Å². The van der Waals surface area contributed by atoms with Gasteiger partial charge in [-0.05, 0) is 24.0 Å². The third-order valence-electron chi connectivity index (χ3n) is 3.79.